The van der Waals surface area contributed by atoms with E-state index < -0.39 is 0 Å². The van der Waals surface area contributed by atoms with Crippen molar-refractivity contribution in [1.82, 2.24) is 15.2 Å². The number of likely N-dealkylation sites (N-methyl/N-ethyl adjacent to an activating group) is 1. The molecule has 4 aromatic rings. The lowest BCUT2D eigenvalue weighted by atomic mass is 10.0. The van der Waals surface area contributed by atoms with E-state index in [0.29, 0.717) is 17.7 Å². The molecule has 0 spiro atoms. The van der Waals surface area contributed by atoms with Crippen LogP contribution in [0.5, 0.6) is 0 Å². The Hall–Kier alpha value is -3.46. The minimum absolute atomic E-state index is 0.0918. The lowest BCUT2D eigenvalue weighted by molar-refractivity contribution is -0.110. The molecule has 0 unspecified atom stereocenters. The Morgan fingerprint density at radius 2 is 1.84 bits per heavy atom. The average molecular weight is 545 g/mol. The van der Waals surface area contributed by atoms with Crippen LogP contribution in [0.15, 0.2) is 47.8 Å². The fourth-order valence-electron chi connectivity index (χ4n) is 4.89. The summed E-state index contributed by atoms with van der Waals surface area (Å²) in [6.45, 7) is 11.4. The molecule has 8 heteroatoms. The van der Waals surface area contributed by atoms with Gasteiger partial charge in [-0.25, -0.2) is 0 Å². The number of fused-ring (bicyclic) bond motifs is 1. The summed E-state index contributed by atoms with van der Waals surface area (Å²) in [4.78, 5) is 35.2. The molecule has 1 aliphatic rings. The van der Waals surface area contributed by atoms with E-state index in [9.17, 15) is 9.59 Å². The van der Waals surface area contributed by atoms with E-state index in [0.717, 1.165) is 58.3 Å². The van der Waals surface area contributed by atoms with Gasteiger partial charge in [0.2, 0.25) is 0 Å². The van der Waals surface area contributed by atoms with Gasteiger partial charge in [0, 0.05) is 50.4 Å². The topological polar surface area (TPSA) is 77.2 Å². The number of aromatic nitrogens is 1. The number of carbonyl (C=O) groups excluding carboxylic acids is 2. The van der Waals surface area contributed by atoms with Crippen molar-refractivity contribution in [3.05, 3.63) is 75.9 Å². The van der Waals surface area contributed by atoms with E-state index in [1.807, 2.05) is 26.0 Å². The lowest BCUT2D eigenvalue weighted by Gasteiger charge is -2.18. The molecule has 38 heavy (non-hydrogen) atoms. The molecule has 5 rings (SSSR count). The smallest absolute Gasteiger partial charge is 0.256 e. The predicted molar refractivity (Wildman–Crippen MR) is 160 cm³/mol. The van der Waals surface area contributed by atoms with Crippen LogP contribution in [0.25, 0.3) is 31.8 Å². The largest absolute Gasteiger partial charge is 0.358 e. The number of thiophene rings is 2. The van der Waals surface area contributed by atoms with Gasteiger partial charge >= 0.3 is 0 Å². The van der Waals surface area contributed by atoms with Crippen molar-refractivity contribution in [3.63, 3.8) is 0 Å². The third kappa shape index (κ3) is 5.12. The molecule has 3 N–H and O–H groups in total. The highest BCUT2D eigenvalue weighted by Gasteiger charge is 2.26. The van der Waals surface area contributed by atoms with Crippen LogP contribution in [0.2, 0.25) is 0 Å². The average Bonchev–Trinajstić information content (AvgIpc) is 3.70. The minimum Gasteiger partial charge on any atom is -0.358 e. The molecule has 0 saturated heterocycles. The first kappa shape index (κ1) is 26.2. The Kier molecular flexibility index (Phi) is 7.65. The summed E-state index contributed by atoms with van der Waals surface area (Å²) in [7, 11) is 0. The molecule has 0 aliphatic carbocycles. The second kappa shape index (κ2) is 11.1. The number of rotatable bonds is 9. The molecule has 1 aromatic carbocycles. The van der Waals surface area contributed by atoms with Crippen LogP contribution < -0.4 is 10.6 Å². The lowest BCUT2D eigenvalue weighted by Crippen LogP contribution is -2.35. The van der Waals surface area contributed by atoms with Crippen molar-refractivity contribution < 1.29 is 9.59 Å². The SMILES string of the molecule is CCN(CC)CCNC(=O)c1c(C)[nH]c(C=C2C(=O)Nc3ccc(-c4ccc(-c5cccs5)s4)cc32)c1C. The second-order valence-corrected chi connectivity index (χ2v) is 11.4. The third-order valence-electron chi connectivity index (χ3n) is 7.06. The Labute approximate surface area is 231 Å². The van der Waals surface area contributed by atoms with Gasteiger partial charge in [-0.2, -0.15) is 0 Å². The van der Waals surface area contributed by atoms with E-state index in [1.165, 1.54) is 9.75 Å². The summed E-state index contributed by atoms with van der Waals surface area (Å²) in [5, 5.41) is 8.12. The van der Waals surface area contributed by atoms with Crippen molar-refractivity contribution in [2.24, 2.45) is 0 Å². The van der Waals surface area contributed by atoms with Crippen molar-refractivity contribution in [3.8, 4) is 20.2 Å². The molecule has 3 aromatic heterocycles. The van der Waals surface area contributed by atoms with E-state index in [2.05, 4.69) is 76.1 Å². The van der Waals surface area contributed by atoms with E-state index in [1.54, 1.807) is 22.7 Å². The van der Waals surface area contributed by atoms with Crippen LogP contribution in [-0.4, -0.2) is 47.9 Å². The molecule has 2 amide bonds. The van der Waals surface area contributed by atoms with Gasteiger partial charge in [-0.05, 0) is 79.9 Å². The fraction of sp³-hybridized carbons (Fsp3) is 0.267. The molecule has 0 fully saturated rings. The van der Waals surface area contributed by atoms with E-state index >= 15 is 0 Å². The normalized spacial score (nSPS) is 13.8. The van der Waals surface area contributed by atoms with Crippen molar-refractivity contribution >= 4 is 51.8 Å². The number of nitrogens with one attached hydrogen (secondary N) is 3. The summed E-state index contributed by atoms with van der Waals surface area (Å²) < 4.78 is 0. The third-order valence-corrected chi connectivity index (χ3v) is 9.26. The first-order valence-electron chi connectivity index (χ1n) is 12.9. The molecule has 0 radical (unpaired) electrons. The van der Waals surface area contributed by atoms with Gasteiger partial charge in [0.05, 0.1) is 11.1 Å². The zero-order valence-corrected chi connectivity index (χ0v) is 23.7. The molecule has 0 saturated carbocycles. The number of H-pyrrole nitrogens is 1. The number of aromatic amines is 1. The molecule has 196 valence electrons. The number of benzene rings is 1. The van der Waals surface area contributed by atoms with Gasteiger partial charge < -0.3 is 20.5 Å². The highest BCUT2D eigenvalue weighted by Crippen LogP contribution is 2.40. The summed E-state index contributed by atoms with van der Waals surface area (Å²) in [6.07, 6.45) is 1.87. The number of hydrogen-bond donors (Lipinski definition) is 3. The van der Waals surface area contributed by atoms with Crippen molar-refractivity contribution in [2.45, 2.75) is 27.7 Å². The Morgan fingerprint density at radius 1 is 1.05 bits per heavy atom. The first-order chi connectivity index (χ1) is 18.4. The van der Waals surface area contributed by atoms with E-state index in [4.69, 9.17) is 0 Å². The highest BCUT2D eigenvalue weighted by molar-refractivity contribution is 7.23. The first-order valence-corrected chi connectivity index (χ1v) is 14.6. The van der Waals surface area contributed by atoms with Gasteiger partial charge in [0.25, 0.3) is 11.8 Å². The number of hydrogen-bond acceptors (Lipinski definition) is 5. The van der Waals surface area contributed by atoms with Crippen molar-refractivity contribution in [1.29, 1.82) is 0 Å². The molecule has 4 heterocycles. The van der Waals surface area contributed by atoms with Crippen LogP contribution in [0.4, 0.5) is 5.69 Å². The highest BCUT2D eigenvalue weighted by atomic mass is 32.1. The molecule has 0 bridgehead atoms. The Balaban J connectivity index is 1.41. The second-order valence-electron chi connectivity index (χ2n) is 9.36. The number of anilines is 1. The van der Waals surface area contributed by atoms with Crippen LogP contribution >= 0.6 is 22.7 Å². The van der Waals surface area contributed by atoms with Gasteiger partial charge in [-0.15, -0.1) is 22.7 Å². The molecule has 0 atom stereocenters. The summed E-state index contributed by atoms with van der Waals surface area (Å²) >= 11 is 3.48. The maximum absolute atomic E-state index is 13.0. The molecular formula is C30H32N4O2S2. The summed E-state index contributed by atoms with van der Waals surface area (Å²) in [6, 6.07) is 14.6. The summed E-state index contributed by atoms with van der Waals surface area (Å²) in [5.41, 5.74) is 6.39. The zero-order valence-electron chi connectivity index (χ0n) is 22.1. The molecular weight excluding hydrogens is 512 g/mol. The predicted octanol–water partition coefficient (Wildman–Crippen LogP) is 6.65. The van der Waals surface area contributed by atoms with Crippen LogP contribution in [-0.2, 0) is 4.79 Å². The number of nitrogens with zero attached hydrogens (tertiary/aromatic N) is 1. The standard InChI is InChI=1S/C30H32N4O2S2/c1-5-34(6-2)14-13-31-30(36)28-18(3)24(32-19(28)4)17-22-21-16-20(9-10-23(21)33-29(22)35)25-11-12-27(38-25)26-8-7-15-37-26/h7-12,15-17,32H,5-6,13-14H2,1-4H3,(H,31,36)(H,33,35). The monoisotopic (exact) mass is 544 g/mol. The van der Waals surface area contributed by atoms with Gasteiger partial charge in [0.1, 0.15) is 0 Å². The Morgan fingerprint density at radius 3 is 2.58 bits per heavy atom. The van der Waals surface area contributed by atoms with Gasteiger partial charge in [-0.1, -0.05) is 26.0 Å². The fourth-order valence-corrected chi connectivity index (χ4v) is 6.72. The van der Waals surface area contributed by atoms with E-state index in [-0.39, 0.29) is 11.8 Å². The summed E-state index contributed by atoms with van der Waals surface area (Å²) in [5.74, 6) is -0.231. The maximum atomic E-state index is 13.0. The van der Waals surface area contributed by atoms with Gasteiger partial charge in [-0.3, -0.25) is 9.59 Å². The molecule has 6 nitrogen and oxygen atoms in total. The quantitative estimate of drug-likeness (QED) is 0.206. The van der Waals surface area contributed by atoms with Crippen molar-refractivity contribution in [2.75, 3.05) is 31.5 Å². The number of amides is 2. The molecule has 1 aliphatic heterocycles. The maximum Gasteiger partial charge on any atom is 0.256 e. The Bertz CT molecular complexity index is 1510. The van der Waals surface area contributed by atoms with Gasteiger partial charge in [0.15, 0.2) is 0 Å². The van der Waals surface area contributed by atoms with Crippen LogP contribution in [0, 0.1) is 13.8 Å². The zero-order chi connectivity index (χ0) is 26.8. The number of aryl methyl sites for hydroxylation is 1. The minimum atomic E-state index is -0.139. The van der Waals surface area contributed by atoms with Crippen LogP contribution in [0.3, 0.4) is 0 Å². The number of carbonyl (C=O) groups is 2. The van der Waals surface area contributed by atoms with Crippen LogP contribution in [0.1, 0.15) is 46.7 Å².